The first-order valence-corrected chi connectivity index (χ1v) is 7.75. The molecular weight excluding hydrogens is 400 g/mol. The van der Waals surface area contributed by atoms with E-state index >= 15 is 0 Å². The summed E-state index contributed by atoms with van der Waals surface area (Å²) in [7, 11) is 1.57. The fourth-order valence-corrected chi connectivity index (χ4v) is 3.07. The number of anilines is 1. The predicted molar refractivity (Wildman–Crippen MR) is 90.4 cm³/mol. The van der Waals surface area contributed by atoms with Gasteiger partial charge in [-0.2, -0.15) is 0 Å². The number of hydrogen-bond donors (Lipinski definition) is 2. The summed E-state index contributed by atoms with van der Waals surface area (Å²) < 4.78 is 6.75. The maximum atomic E-state index is 12.1. The van der Waals surface area contributed by atoms with Crippen molar-refractivity contribution < 1.29 is 9.53 Å². The van der Waals surface area contributed by atoms with Gasteiger partial charge in [0.1, 0.15) is 5.75 Å². The molecule has 0 aliphatic heterocycles. The molecule has 0 atom stereocenters. The minimum absolute atomic E-state index is 0.149. The van der Waals surface area contributed by atoms with E-state index in [1.165, 1.54) is 0 Å². The summed E-state index contributed by atoms with van der Waals surface area (Å²) >= 11 is 6.73. The molecule has 0 aliphatic rings. The summed E-state index contributed by atoms with van der Waals surface area (Å²) in [6.45, 7) is 0.398. The van der Waals surface area contributed by atoms with Crippen LogP contribution in [0.25, 0.3) is 0 Å². The zero-order chi connectivity index (χ0) is 15.4. The quantitative estimate of drug-likeness (QED) is 0.750. The van der Waals surface area contributed by atoms with Gasteiger partial charge < -0.3 is 15.8 Å². The Morgan fingerprint density at radius 3 is 2.62 bits per heavy atom. The highest BCUT2D eigenvalue weighted by atomic mass is 79.9. The van der Waals surface area contributed by atoms with Crippen LogP contribution in [-0.2, 0) is 6.54 Å². The van der Waals surface area contributed by atoms with Crippen molar-refractivity contribution in [3.63, 3.8) is 0 Å². The number of benzene rings is 2. The monoisotopic (exact) mass is 412 g/mol. The molecular formula is C15H14Br2N2O2. The van der Waals surface area contributed by atoms with Crippen molar-refractivity contribution in [2.45, 2.75) is 6.54 Å². The number of methoxy groups -OCH3 is 1. The molecule has 0 heterocycles. The Morgan fingerprint density at radius 1 is 1.24 bits per heavy atom. The van der Waals surface area contributed by atoms with Gasteiger partial charge in [-0.1, -0.05) is 22.0 Å². The molecule has 4 nitrogen and oxygen atoms in total. The fourth-order valence-electron chi connectivity index (χ4n) is 1.84. The van der Waals surface area contributed by atoms with Gasteiger partial charge in [-0.3, -0.25) is 4.79 Å². The van der Waals surface area contributed by atoms with Crippen LogP contribution in [0.4, 0.5) is 5.69 Å². The number of carbonyl (C=O) groups is 1. The lowest BCUT2D eigenvalue weighted by atomic mass is 10.1. The van der Waals surface area contributed by atoms with Crippen molar-refractivity contribution in [1.29, 1.82) is 0 Å². The predicted octanol–water partition coefficient (Wildman–Crippen LogP) is 3.73. The van der Waals surface area contributed by atoms with Gasteiger partial charge in [0.05, 0.1) is 18.4 Å². The molecule has 0 saturated heterocycles. The molecule has 6 heteroatoms. The molecule has 0 fully saturated rings. The number of carbonyl (C=O) groups excluding carboxylic acids is 1. The topological polar surface area (TPSA) is 64.3 Å². The molecule has 21 heavy (non-hydrogen) atoms. The SMILES string of the molecule is COc1ccc(CNC(=O)c2ccc(Br)cc2Br)cc1N. The number of nitrogens with two attached hydrogens (primary N) is 1. The molecule has 0 aromatic heterocycles. The van der Waals surface area contributed by atoms with Crippen LogP contribution < -0.4 is 15.8 Å². The third-order valence-electron chi connectivity index (χ3n) is 2.92. The second-order valence-corrected chi connectivity index (χ2v) is 6.15. The van der Waals surface area contributed by atoms with E-state index in [2.05, 4.69) is 37.2 Å². The largest absolute Gasteiger partial charge is 0.495 e. The van der Waals surface area contributed by atoms with Gasteiger partial charge >= 0.3 is 0 Å². The van der Waals surface area contributed by atoms with Gasteiger partial charge in [0.15, 0.2) is 0 Å². The zero-order valence-corrected chi connectivity index (χ0v) is 14.5. The minimum Gasteiger partial charge on any atom is -0.495 e. The Morgan fingerprint density at radius 2 is 2.00 bits per heavy atom. The zero-order valence-electron chi connectivity index (χ0n) is 11.3. The second kappa shape index (κ2) is 6.95. The van der Waals surface area contributed by atoms with Gasteiger partial charge in [-0.25, -0.2) is 0 Å². The van der Waals surface area contributed by atoms with E-state index < -0.39 is 0 Å². The van der Waals surface area contributed by atoms with Gasteiger partial charge in [-0.15, -0.1) is 0 Å². The molecule has 2 aromatic carbocycles. The van der Waals surface area contributed by atoms with Crippen molar-refractivity contribution >= 4 is 43.5 Å². The highest BCUT2D eigenvalue weighted by Gasteiger charge is 2.10. The van der Waals surface area contributed by atoms with E-state index in [1.54, 1.807) is 25.3 Å². The first kappa shape index (κ1) is 15.9. The first-order chi connectivity index (χ1) is 10.0. The Bertz CT molecular complexity index is 675. The number of rotatable bonds is 4. The van der Waals surface area contributed by atoms with Crippen molar-refractivity contribution in [3.8, 4) is 5.75 Å². The molecule has 110 valence electrons. The molecule has 3 N–H and O–H groups in total. The summed E-state index contributed by atoms with van der Waals surface area (Å²) in [6.07, 6.45) is 0. The molecule has 1 amide bonds. The van der Waals surface area contributed by atoms with Gasteiger partial charge in [0, 0.05) is 15.5 Å². The average Bonchev–Trinajstić information content (AvgIpc) is 2.45. The van der Waals surface area contributed by atoms with E-state index in [-0.39, 0.29) is 5.91 Å². The van der Waals surface area contributed by atoms with Crippen LogP contribution in [0, 0.1) is 0 Å². The Hall–Kier alpha value is -1.53. The number of nitrogen functional groups attached to an aromatic ring is 1. The average molecular weight is 414 g/mol. The van der Waals surface area contributed by atoms with Crippen molar-refractivity contribution in [3.05, 3.63) is 56.5 Å². The highest BCUT2D eigenvalue weighted by Crippen LogP contribution is 2.23. The first-order valence-electron chi connectivity index (χ1n) is 6.17. The van der Waals surface area contributed by atoms with Crippen LogP contribution in [0.1, 0.15) is 15.9 Å². The normalized spacial score (nSPS) is 10.2. The van der Waals surface area contributed by atoms with Crippen molar-refractivity contribution in [2.75, 3.05) is 12.8 Å². The van der Waals surface area contributed by atoms with Crippen LogP contribution in [0.5, 0.6) is 5.75 Å². The molecule has 0 bridgehead atoms. The molecule has 0 radical (unpaired) electrons. The van der Waals surface area contributed by atoms with Crippen LogP contribution in [0.15, 0.2) is 45.3 Å². The number of hydrogen-bond acceptors (Lipinski definition) is 3. The third kappa shape index (κ3) is 3.98. The van der Waals surface area contributed by atoms with Crippen molar-refractivity contribution in [2.24, 2.45) is 0 Å². The lowest BCUT2D eigenvalue weighted by Gasteiger charge is -2.09. The van der Waals surface area contributed by atoms with E-state index in [4.69, 9.17) is 10.5 Å². The number of amides is 1. The number of halogens is 2. The molecule has 0 unspecified atom stereocenters. The maximum absolute atomic E-state index is 12.1. The smallest absolute Gasteiger partial charge is 0.252 e. The summed E-state index contributed by atoms with van der Waals surface area (Å²) in [5.74, 6) is 0.476. The summed E-state index contributed by atoms with van der Waals surface area (Å²) in [5.41, 5.74) is 7.88. The molecule has 0 saturated carbocycles. The molecule has 2 rings (SSSR count). The maximum Gasteiger partial charge on any atom is 0.252 e. The standard InChI is InChI=1S/C15H14Br2N2O2/c1-21-14-5-2-9(6-13(14)18)8-19-15(20)11-4-3-10(16)7-12(11)17/h2-7H,8,18H2,1H3,(H,19,20). The van der Waals surface area contributed by atoms with Crippen LogP contribution in [-0.4, -0.2) is 13.0 Å². The van der Waals surface area contributed by atoms with Crippen LogP contribution in [0.3, 0.4) is 0 Å². The van der Waals surface area contributed by atoms with Crippen LogP contribution >= 0.6 is 31.9 Å². The summed E-state index contributed by atoms with van der Waals surface area (Å²) in [6, 6.07) is 10.9. The highest BCUT2D eigenvalue weighted by molar-refractivity contribution is 9.11. The van der Waals surface area contributed by atoms with Crippen molar-refractivity contribution in [1.82, 2.24) is 5.32 Å². The Kier molecular flexibility index (Phi) is 5.25. The van der Waals surface area contributed by atoms with Gasteiger partial charge in [-0.05, 0) is 51.8 Å². The van der Waals surface area contributed by atoms with E-state index in [0.717, 1.165) is 14.5 Å². The molecule has 0 aliphatic carbocycles. The summed E-state index contributed by atoms with van der Waals surface area (Å²) in [4.78, 5) is 12.1. The van der Waals surface area contributed by atoms with E-state index in [1.807, 2.05) is 18.2 Å². The van der Waals surface area contributed by atoms with E-state index in [9.17, 15) is 4.79 Å². The lowest BCUT2D eigenvalue weighted by Crippen LogP contribution is -2.23. The Labute approximate surface area is 139 Å². The number of ether oxygens (including phenoxy) is 1. The lowest BCUT2D eigenvalue weighted by molar-refractivity contribution is 0.0950. The summed E-state index contributed by atoms with van der Waals surface area (Å²) in [5, 5.41) is 2.86. The third-order valence-corrected chi connectivity index (χ3v) is 4.07. The van der Waals surface area contributed by atoms with Crippen LogP contribution in [0.2, 0.25) is 0 Å². The van der Waals surface area contributed by atoms with Gasteiger partial charge in [0.2, 0.25) is 0 Å². The molecule has 2 aromatic rings. The molecule has 0 spiro atoms. The van der Waals surface area contributed by atoms with Gasteiger partial charge in [0.25, 0.3) is 5.91 Å². The minimum atomic E-state index is -0.149. The number of nitrogens with one attached hydrogen (secondary N) is 1. The Balaban J connectivity index is 2.05. The van der Waals surface area contributed by atoms with E-state index in [0.29, 0.717) is 23.5 Å². The second-order valence-electron chi connectivity index (χ2n) is 4.38. The fraction of sp³-hybridized carbons (Fsp3) is 0.133.